The number of alkyl halides is 3. The number of hydrogen-bond donors (Lipinski definition) is 1. The lowest BCUT2D eigenvalue weighted by Gasteiger charge is -2.19. The van der Waals surface area contributed by atoms with Crippen molar-refractivity contribution in [1.29, 1.82) is 0 Å². The normalized spacial score (nSPS) is 24.3. The molecule has 100 valence electrons. The molecule has 0 radical (unpaired) electrons. The number of nitrogens with one attached hydrogen (secondary N) is 1. The molecule has 2 unspecified atom stereocenters. The summed E-state index contributed by atoms with van der Waals surface area (Å²) in [5.41, 5.74) is -0.416. The Labute approximate surface area is 113 Å². The molecule has 5 heteroatoms. The van der Waals surface area contributed by atoms with E-state index in [1.165, 1.54) is 12.1 Å². The maximum Gasteiger partial charge on any atom is 0.418 e. The van der Waals surface area contributed by atoms with Crippen LogP contribution in [0.1, 0.15) is 31.7 Å². The number of benzene rings is 1. The van der Waals surface area contributed by atoms with Crippen LogP contribution in [0.15, 0.2) is 22.7 Å². The van der Waals surface area contributed by atoms with Gasteiger partial charge in [0.05, 0.1) is 5.56 Å². The molecule has 0 saturated heterocycles. The summed E-state index contributed by atoms with van der Waals surface area (Å²) < 4.78 is 39.3. The Balaban J connectivity index is 2.23. The second-order valence-electron chi connectivity index (χ2n) is 4.95. The highest BCUT2D eigenvalue weighted by atomic mass is 79.9. The molecular formula is C13H15BrF3N. The molecule has 2 atom stereocenters. The summed E-state index contributed by atoms with van der Waals surface area (Å²) in [6.07, 6.45) is -1.37. The molecule has 1 N–H and O–H groups in total. The Morgan fingerprint density at radius 1 is 1.28 bits per heavy atom. The van der Waals surface area contributed by atoms with E-state index in [2.05, 4.69) is 28.2 Å². The summed E-state index contributed by atoms with van der Waals surface area (Å²) in [6.45, 7) is 2.13. The molecule has 0 aromatic heterocycles. The Morgan fingerprint density at radius 3 is 2.56 bits per heavy atom. The van der Waals surface area contributed by atoms with Gasteiger partial charge in [-0.05, 0) is 43.4 Å². The molecule has 18 heavy (non-hydrogen) atoms. The Hall–Kier alpha value is -0.710. The molecule has 2 rings (SSSR count). The fourth-order valence-electron chi connectivity index (χ4n) is 2.44. The van der Waals surface area contributed by atoms with Crippen molar-refractivity contribution in [3.63, 3.8) is 0 Å². The zero-order valence-corrected chi connectivity index (χ0v) is 11.6. The summed E-state index contributed by atoms with van der Waals surface area (Å²) in [4.78, 5) is 0. The highest BCUT2D eigenvalue weighted by Crippen LogP contribution is 2.38. The van der Waals surface area contributed by atoms with Crippen LogP contribution in [-0.4, -0.2) is 6.04 Å². The summed E-state index contributed by atoms with van der Waals surface area (Å²) >= 11 is 3.22. The fraction of sp³-hybridized carbons (Fsp3) is 0.538. The van der Waals surface area contributed by atoms with Crippen molar-refractivity contribution >= 4 is 21.6 Å². The zero-order valence-electron chi connectivity index (χ0n) is 10.0. The third-order valence-corrected chi connectivity index (χ3v) is 3.83. The smallest absolute Gasteiger partial charge is 0.382 e. The van der Waals surface area contributed by atoms with Crippen molar-refractivity contribution in [1.82, 2.24) is 0 Å². The van der Waals surface area contributed by atoms with E-state index >= 15 is 0 Å². The second kappa shape index (κ2) is 5.11. The average Bonchev–Trinajstić information content (AvgIpc) is 2.62. The highest BCUT2D eigenvalue weighted by molar-refractivity contribution is 9.10. The van der Waals surface area contributed by atoms with Crippen molar-refractivity contribution in [3.8, 4) is 0 Å². The summed E-state index contributed by atoms with van der Waals surface area (Å²) in [5.74, 6) is 0.587. The lowest BCUT2D eigenvalue weighted by Crippen LogP contribution is -2.19. The lowest BCUT2D eigenvalue weighted by molar-refractivity contribution is -0.137. The van der Waals surface area contributed by atoms with Crippen LogP contribution in [0.2, 0.25) is 0 Å². The van der Waals surface area contributed by atoms with Gasteiger partial charge in [-0.15, -0.1) is 0 Å². The van der Waals surface area contributed by atoms with Gasteiger partial charge in [-0.1, -0.05) is 22.9 Å². The summed E-state index contributed by atoms with van der Waals surface area (Å²) in [7, 11) is 0. The topological polar surface area (TPSA) is 12.0 Å². The molecule has 0 aliphatic heterocycles. The van der Waals surface area contributed by atoms with Crippen LogP contribution in [-0.2, 0) is 6.18 Å². The maximum atomic E-state index is 12.9. The van der Waals surface area contributed by atoms with E-state index in [1.54, 1.807) is 0 Å². The van der Waals surface area contributed by atoms with E-state index < -0.39 is 11.7 Å². The maximum absolute atomic E-state index is 12.9. The molecule has 1 saturated carbocycles. The van der Waals surface area contributed by atoms with Crippen LogP contribution in [0.3, 0.4) is 0 Å². The van der Waals surface area contributed by atoms with Crippen LogP contribution < -0.4 is 5.32 Å². The van der Waals surface area contributed by atoms with E-state index in [0.717, 1.165) is 25.3 Å². The van der Waals surface area contributed by atoms with Crippen LogP contribution in [0, 0.1) is 5.92 Å². The molecule has 1 aromatic rings. The minimum absolute atomic E-state index is 0.149. The molecule has 1 aromatic carbocycles. The monoisotopic (exact) mass is 321 g/mol. The number of anilines is 1. The van der Waals surface area contributed by atoms with Crippen molar-refractivity contribution in [3.05, 3.63) is 28.2 Å². The molecule has 1 aliphatic rings. The summed E-state index contributed by atoms with van der Waals surface area (Å²) in [5, 5.41) is 3.04. The van der Waals surface area contributed by atoms with Crippen LogP contribution in [0.4, 0.5) is 18.9 Å². The summed E-state index contributed by atoms with van der Waals surface area (Å²) in [6, 6.07) is 4.19. The van der Waals surface area contributed by atoms with Gasteiger partial charge in [0.1, 0.15) is 0 Å². The highest BCUT2D eigenvalue weighted by Gasteiger charge is 2.34. The van der Waals surface area contributed by atoms with E-state index in [1.807, 2.05) is 0 Å². The number of halogens is 4. The first kappa shape index (κ1) is 13.7. The first-order chi connectivity index (χ1) is 8.36. The lowest BCUT2D eigenvalue weighted by atomic mass is 10.1. The first-order valence-corrected chi connectivity index (χ1v) is 6.79. The van der Waals surface area contributed by atoms with Gasteiger partial charge in [-0.3, -0.25) is 0 Å². The van der Waals surface area contributed by atoms with E-state index in [4.69, 9.17) is 0 Å². The molecule has 1 fully saturated rings. The molecule has 0 heterocycles. The third-order valence-electron chi connectivity index (χ3n) is 3.34. The Kier molecular flexibility index (Phi) is 3.90. The molecule has 0 bridgehead atoms. The number of hydrogen-bond acceptors (Lipinski definition) is 1. The van der Waals surface area contributed by atoms with Gasteiger partial charge in [0.25, 0.3) is 0 Å². The van der Waals surface area contributed by atoms with E-state index in [9.17, 15) is 13.2 Å². The minimum atomic E-state index is -4.31. The molecular weight excluding hydrogens is 307 g/mol. The SMILES string of the molecule is CC1CCC(Nc2cc(Br)ccc2C(F)(F)F)C1. The van der Waals surface area contributed by atoms with Crippen molar-refractivity contribution in [2.45, 2.75) is 38.4 Å². The van der Waals surface area contributed by atoms with Gasteiger partial charge in [-0.2, -0.15) is 13.2 Å². The standard InChI is InChI=1S/C13H15BrF3N/c1-8-2-4-10(6-8)18-12-7-9(14)3-5-11(12)13(15,16)17/h3,5,7-8,10,18H,2,4,6H2,1H3. The number of rotatable bonds is 2. The van der Waals surface area contributed by atoms with Crippen molar-refractivity contribution < 1.29 is 13.2 Å². The minimum Gasteiger partial charge on any atom is -0.382 e. The molecule has 0 amide bonds. The Morgan fingerprint density at radius 2 is 2.00 bits per heavy atom. The second-order valence-corrected chi connectivity index (χ2v) is 5.86. The van der Waals surface area contributed by atoms with E-state index in [0.29, 0.717) is 10.4 Å². The van der Waals surface area contributed by atoms with Gasteiger partial charge in [0, 0.05) is 16.2 Å². The first-order valence-electron chi connectivity index (χ1n) is 5.99. The third kappa shape index (κ3) is 3.19. The van der Waals surface area contributed by atoms with Gasteiger partial charge in [0.2, 0.25) is 0 Å². The van der Waals surface area contributed by atoms with Crippen LogP contribution in [0.5, 0.6) is 0 Å². The van der Waals surface area contributed by atoms with Gasteiger partial charge in [0.15, 0.2) is 0 Å². The molecule has 1 aliphatic carbocycles. The van der Waals surface area contributed by atoms with Crippen LogP contribution in [0.25, 0.3) is 0 Å². The van der Waals surface area contributed by atoms with Crippen molar-refractivity contribution in [2.24, 2.45) is 5.92 Å². The quantitative estimate of drug-likeness (QED) is 0.802. The van der Waals surface area contributed by atoms with E-state index in [-0.39, 0.29) is 11.7 Å². The zero-order chi connectivity index (χ0) is 13.3. The Bertz CT molecular complexity index is 431. The predicted molar refractivity (Wildman–Crippen MR) is 69.6 cm³/mol. The fourth-order valence-corrected chi connectivity index (χ4v) is 2.80. The van der Waals surface area contributed by atoms with Gasteiger partial charge >= 0.3 is 6.18 Å². The van der Waals surface area contributed by atoms with Gasteiger partial charge < -0.3 is 5.32 Å². The molecule has 0 spiro atoms. The molecule has 1 nitrogen and oxygen atoms in total. The average molecular weight is 322 g/mol. The largest absolute Gasteiger partial charge is 0.418 e. The van der Waals surface area contributed by atoms with Crippen molar-refractivity contribution in [2.75, 3.05) is 5.32 Å². The van der Waals surface area contributed by atoms with Gasteiger partial charge in [-0.25, -0.2) is 0 Å². The van der Waals surface area contributed by atoms with Crippen LogP contribution >= 0.6 is 15.9 Å². The predicted octanol–water partition coefficient (Wildman–Crippen LogP) is 5.07.